The van der Waals surface area contributed by atoms with Crippen molar-refractivity contribution in [3.63, 3.8) is 0 Å². The Morgan fingerprint density at radius 3 is 1.71 bits per heavy atom. The SMILES string of the molecule is FC(F)(F)Cc1c[c-]c(-c2nccc3ccccc23)cc1.[Ir].[c-]1cc2oc3c4cccc5ccc6cccc(c3c2cc1-c1nccc2ccccc12)c6c54. The van der Waals surface area contributed by atoms with Crippen molar-refractivity contribution in [2.24, 2.45) is 0 Å². The van der Waals surface area contributed by atoms with E-state index in [4.69, 9.17) is 9.40 Å². The maximum atomic E-state index is 12.3. The summed E-state index contributed by atoms with van der Waals surface area (Å²) in [5.41, 5.74) is 5.34. The molecule has 0 atom stereocenters. The number of fused-ring (bicyclic) bond motifs is 7. The molecule has 3 nitrogen and oxygen atoms in total. The first-order valence-electron chi connectivity index (χ1n) is 17.6. The summed E-state index contributed by atoms with van der Waals surface area (Å²) in [6.07, 6.45) is -1.58. The van der Waals surface area contributed by atoms with Crippen LogP contribution in [0.1, 0.15) is 5.56 Å². The van der Waals surface area contributed by atoms with Crippen molar-refractivity contribution in [1.29, 1.82) is 0 Å². The molecule has 0 amide bonds. The summed E-state index contributed by atoms with van der Waals surface area (Å²) in [6, 6.07) is 52.5. The van der Waals surface area contributed by atoms with Crippen molar-refractivity contribution in [3.05, 3.63) is 170 Å². The minimum absolute atomic E-state index is 0. The van der Waals surface area contributed by atoms with Gasteiger partial charge < -0.3 is 14.4 Å². The van der Waals surface area contributed by atoms with Gasteiger partial charge in [0.2, 0.25) is 0 Å². The first kappa shape index (κ1) is 34.6. The van der Waals surface area contributed by atoms with Crippen LogP contribution in [0.2, 0.25) is 0 Å². The Kier molecular flexibility index (Phi) is 8.57. The van der Waals surface area contributed by atoms with Gasteiger partial charge in [-0.2, -0.15) is 13.2 Å². The topological polar surface area (TPSA) is 38.9 Å². The second kappa shape index (κ2) is 13.6. The summed E-state index contributed by atoms with van der Waals surface area (Å²) in [7, 11) is 0. The second-order valence-corrected chi connectivity index (χ2v) is 13.5. The number of rotatable bonds is 3. The number of halogens is 3. The molecule has 0 aliphatic rings. The van der Waals surface area contributed by atoms with Crippen molar-refractivity contribution in [3.8, 4) is 22.5 Å². The molecule has 0 saturated heterocycles. The predicted octanol–water partition coefficient (Wildman–Crippen LogP) is 13.3. The average Bonchev–Trinajstić information content (AvgIpc) is 3.59. The van der Waals surface area contributed by atoms with Crippen molar-refractivity contribution >= 4 is 75.8 Å². The van der Waals surface area contributed by atoms with E-state index in [1.165, 1.54) is 44.5 Å². The van der Waals surface area contributed by atoms with E-state index in [0.29, 0.717) is 5.56 Å². The molecule has 1 radical (unpaired) electrons. The maximum absolute atomic E-state index is 12.3. The van der Waals surface area contributed by atoms with Crippen LogP contribution in [0.3, 0.4) is 0 Å². The van der Waals surface area contributed by atoms with Crippen LogP contribution in [0.15, 0.2) is 156 Å². The van der Waals surface area contributed by atoms with E-state index in [1.807, 2.05) is 42.6 Å². The second-order valence-electron chi connectivity index (χ2n) is 13.5. The monoisotopic (exact) mass is 897 g/mol. The zero-order valence-electron chi connectivity index (χ0n) is 28.9. The number of pyridine rings is 2. The molecule has 0 unspecified atom stereocenters. The van der Waals surface area contributed by atoms with Crippen molar-refractivity contribution < 1.29 is 37.7 Å². The van der Waals surface area contributed by atoms with Gasteiger partial charge in [-0.25, -0.2) is 0 Å². The molecule has 0 aliphatic carbocycles. The van der Waals surface area contributed by atoms with E-state index in [9.17, 15) is 13.2 Å². The Morgan fingerprint density at radius 1 is 0.509 bits per heavy atom. The van der Waals surface area contributed by atoms with Gasteiger partial charge in [0.1, 0.15) is 5.58 Å². The molecule has 267 valence electrons. The quantitative estimate of drug-likeness (QED) is 0.131. The van der Waals surface area contributed by atoms with E-state index >= 15 is 0 Å². The fourth-order valence-corrected chi connectivity index (χ4v) is 7.80. The molecule has 0 aliphatic heterocycles. The Hall–Kier alpha value is -6.14. The molecule has 0 N–H and O–H groups in total. The van der Waals surface area contributed by atoms with Crippen LogP contribution in [0.5, 0.6) is 0 Å². The van der Waals surface area contributed by atoms with Crippen LogP contribution in [-0.2, 0) is 26.5 Å². The van der Waals surface area contributed by atoms with Gasteiger partial charge in [0.15, 0.2) is 0 Å². The van der Waals surface area contributed by atoms with Crippen molar-refractivity contribution in [1.82, 2.24) is 9.97 Å². The van der Waals surface area contributed by atoms with Gasteiger partial charge in [0.25, 0.3) is 0 Å². The van der Waals surface area contributed by atoms with Crippen LogP contribution < -0.4 is 0 Å². The summed E-state index contributed by atoms with van der Waals surface area (Å²) in [6.45, 7) is 0. The minimum Gasteiger partial charge on any atom is -0.500 e. The van der Waals surface area contributed by atoms with Gasteiger partial charge in [0.05, 0.1) is 5.58 Å². The Labute approximate surface area is 326 Å². The number of alkyl halides is 3. The van der Waals surface area contributed by atoms with Crippen LogP contribution in [0.4, 0.5) is 13.2 Å². The summed E-state index contributed by atoms with van der Waals surface area (Å²) in [4.78, 5) is 9.05. The number of furan rings is 1. The summed E-state index contributed by atoms with van der Waals surface area (Å²) in [5.74, 6) is 0. The smallest absolute Gasteiger partial charge is 0.385 e. The van der Waals surface area contributed by atoms with Gasteiger partial charge in [-0.05, 0) is 66.6 Å². The third-order valence-electron chi connectivity index (χ3n) is 10.2. The zero-order chi connectivity index (χ0) is 36.4. The summed E-state index contributed by atoms with van der Waals surface area (Å²) >= 11 is 0. The molecule has 8 aromatic carbocycles. The normalized spacial score (nSPS) is 11.8. The van der Waals surface area contributed by atoms with Crippen molar-refractivity contribution in [2.75, 3.05) is 0 Å². The maximum Gasteiger partial charge on any atom is 0.385 e. The van der Waals surface area contributed by atoms with Gasteiger partial charge in [-0.15, -0.1) is 59.2 Å². The fraction of sp³-hybridized carbons (Fsp3) is 0.0417. The molecular formula is C48H27F3IrN2O-2. The first-order valence-corrected chi connectivity index (χ1v) is 17.6. The molecule has 3 heterocycles. The van der Waals surface area contributed by atoms with Crippen LogP contribution in [0, 0.1) is 12.1 Å². The summed E-state index contributed by atoms with van der Waals surface area (Å²) < 4.78 is 43.5. The van der Waals surface area contributed by atoms with E-state index in [0.717, 1.165) is 60.4 Å². The molecule has 55 heavy (non-hydrogen) atoms. The van der Waals surface area contributed by atoms with Gasteiger partial charge in [-0.3, -0.25) is 0 Å². The Balaban J connectivity index is 0.000000157. The molecule has 0 bridgehead atoms. The molecule has 0 spiro atoms. The van der Waals surface area contributed by atoms with Crippen LogP contribution in [0.25, 0.3) is 98.3 Å². The largest absolute Gasteiger partial charge is 0.500 e. The van der Waals surface area contributed by atoms with Gasteiger partial charge in [0, 0.05) is 55.1 Å². The van der Waals surface area contributed by atoms with Crippen LogP contribution in [-0.4, -0.2) is 16.1 Å². The first-order chi connectivity index (χ1) is 26.4. The molecule has 11 aromatic rings. The molecular weight excluding hydrogens is 870 g/mol. The third kappa shape index (κ3) is 6.06. The average molecular weight is 897 g/mol. The number of benzene rings is 8. The summed E-state index contributed by atoms with van der Waals surface area (Å²) in [5, 5.41) is 14.0. The number of aromatic nitrogens is 2. The number of nitrogens with zero attached hydrogens (tertiary/aromatic N) is 2. The third-order valence-corrected chi connectivity index (χ3v) is 10.2. The minimum atomic E-state index is -4.20. The zero-order valence-corrected chi connectivity index (χ0v) is 31.3. The fourth-order valence-electron chi connectivity index (χ4n) is 7.80. The van der Waals surface area contributed by atoms with E-state index in [1.54, 1.807) is 12.3 Å². The number of hydrogen-bond donors (Lipinski definition) is 0. The molecule has 0 fully saturated rings. The Bertz CT molecular complexity index is 3180. The van der Waals surface area contributed by atoms with Gasteiger partial charge >= 0.3 is 6.18 Å². The van der Waals surface area contributed by atoms with Crippen LogP contribution >= 0.6 is 0 Å². The Morgan fingerprint density at radius 2 is 1.07 bits per heavy atom. The van der Waals surface area contributed by atoms with Crippen molar-refractivity contribution in [2.45, 2.75) is 12.6 Å². The molecule has 11 rings (SSSR count). The number of hydrogen-bond acceptors (Lipinski definition) is 3. The molecule has 3 aromatic heterocycles. The van der Waals surface area contributed by atoms with E-state index in [2.05, 4.69) is 102 Å². The van der Waals surface area contributed by atoms with E-state index in [-0.39, 0.29) is 25.7 Å². The van der Waals surface area contributed by atoms with Gasteiger partial charge in [-0.1, -0.05) is 102 Å². The standard InChI is InChI=1S/C31H16NO.C17H11F3N.Ir/c1-2-8-22-18(5-1)15-16-32-30(22)21-13-14-26-25(17-21)29-23-9-3-6-19-11-12-20-7-4-10-24(31(29)33-26)28(20)27(19)23;18-17(19,20)11-12-5-7-14(8-6-12)16-15-4-2-1-3-13(15)9-10-21-16;/h1-12,14-17H;1-7,9-10H,11H2;/q2*-1;. The molecule has 7 heteroatoms. The predicted molar refractivity (Wildman–Crippen MR) is 213 cm³/mol. The van der Waals surface area contributed by atoms with E-state index < -0.39 is 12.6 Å². The molecule has 0 saturated carbocycles.